The molecule has 1 heterocycles. The Morgan fingerprint density at radius 2 is 2.17 bits per heavy atom. The molecule has 3 N–H and O–H groups in total. The monoisotopic (exact) mass is 241 g/mol. The van der Waals surface area contributed by atoms with Crippen molar-refractivity contribution in [2.75, 3.05) is 17.6 Å². The van der Waals surface area contributed by atoms with Gasteiger partial charge < -0.3 is 11.1 Å². The lowest BCUT2D eigenvalue weighted by Gasteiger charge is -2.15. The number of nitrogen functional groups attached to an aromatic ring is 1. The molecule has 3 heteroatoms. The molecule has 0 aliphatic heterocycles. The number of nitrogens with two attached hydrogens (primary N) is 1. The van der Waals surface area contributed by atoms with Crippen LogP contribution in [0.2, 0.25) is 0 Å². The molecule has 0 radical (unpaired) electrons. The lowest BCUT2D eigenvalue weighted by molar-refractivity contribution is 0.537. The fourth-order valence-electron chi connectivity index (χ4n) is 2.45. The number of pyridine rings is 1. The summed E-state index contributed by atoms with van der Waals surface area (Å²) in [5.74, 6) is 1.63. The van der Waals surface area contributed by atoms with Crippen LogP contribution in [-0.4, -0.2) is 11.5 Å². The van der Waals surface area contributed by atoms with Crippen LogP contribution >= 0.6 is 0 Å². The molecule has 1 atom stereocenters. The molecule has 94 valence electrons. The molecule has 2 aromatic rings. The molecular weight excluding hydrogens is 222 g/mol. The number of nitrogens with one attached hydrogen (secondary N) is 1. The van der Waals surface area contributed by atoms with E-state index in [4.69, 9.17) is 5.73 Å². The molecule has 1 saturated carbocycles. The fourth-order valence-corrected chi connectivity index (χ4v) is 2.45. The van der Waals surface area contributed by atoms with Gasteiger partial charge in [0.1, 0.15) is 0 Å². The highest BCUT2D eigenvalue weighted by atomic mass is 14.9. The molecule has 18 heavy (non-hydrogen) atoms. The van der Waals surface area contributed by atoms with Crippen LogP contribution in [0.5, 0.6) is 0 Å². The molecular formula is C15H19N3. The smallest absolute Gasteiger partial charge is 0.0743 e. The minimum atomic E-state index is 0.719. The van der Waals surface area contributed by atoms with Gasteiger partial charge in [-0.15, -0.1) is 0 Å². The van der Waals surface area contributed by atoms with E-state index < -0.39 is 0 Å². The Bertz CT molecular complexity index is 561. The van der Waals surface area contributed by atoms with E-state index >= 15 is 0 Å². The average Bonchev–Trinajstić information content (AvgIpc) is 3.21. The highest BCUT2D eigenvalue weighted by Gasteiger charge is 2.27. The summed E-state index contributed by atoms with van der Waals surface area (Å²) in [5, 5.41) is 4.62. The van der Waals surface area contributed by atoms with E-state index in [2.05, 4.69) is 23.3 Å². The first-order chi connectivity index (χ1) is 8.75. The Labute approximate surface area is 107 Å². The van der Waals surface area contributed by atoms with E-state index in [0.717, 1.165) is 40.7 Å². The van der Waals surface area contributed by atoms with Crippen LogP contribution in [0.15, 0.2) is 30.5 Å². The molecule has 0 bridgehead atoms. The van der Waals surface area contributed by atoms with Gasteiger partial charge in [-0.3, -0.25) is 4.98 Å². The number of anilines is 2. The van der Waals surface area contributed by atoms with Gasteiger partial charge in [-0.25, -0.2) is 0 Å². The Hall–Kier alpha value is -1.77. The largest absolute Gasteiger partial charge is 0.396 e. The molecule has 0 spiro atoms. The molecule has 1 aliphatic carbocycles. The normalized spacial score (nSPS) is 16.7. The van der Waals surface area contributed by atoms with Crippen molar-refractivity contribution in [2.45, 2.75) is 19.8 Å². The summed E-state index contributed by atoms with van der Waals surface area (Å²) in [6.07, 6.45) is 4.51. The quantitative estimate of drug-likeness (QED) is 0.863. The molecule has 1 aliphatic rings. The highest BCUT2D eigenvalue weighted by Crippen LogP contribution is 2.37. The summed E-state index contributed by atoms with van der Waals surface area (Å²) < 4.78 is 0. The van der Waals surface area contributed by atoms with E-state index in [9.17, 15) is 0 Å². The van der Waals surface area contributed by atoms with Gasteiger partial charge in [0.15, 0.2) is 0 Å². The van der Waals surface area contributed by atoms with Crippen molar-refractivity contribution < 1.29 is 0 Å². The Kier molecular flexibility index (Phi) is 2.82. The van der Waals surface area contributed by atoms with Crippen molar-refractivity contribution in [3.8, 4) is 0 Å². The number of hydrogen-bond donors (Lipinski definition) is 2. The minimum absolute atomic E-state index is 0.719. The summed E-state index contributed by atoms with van der Waals surface area (Å²) in [5.41, 5.74) is 8.80. The third kappa shape index (κ3) is 2.13. The van der Waals surface area contributed by atoms with E-state index in [1.807, 2.05) is 18.2 Å². The second-order valence-corrected chi connectivity index (χ2v) is 5.30. The Balaban J connectivity index is 1.87. The van der Waals surface area contributed by atoms with Gasteiger partial charge >= 0.3 is 0 Å². The molecule has 0 saturated heterocycles. The van der Waals surface area contributed by atoms with E-state index in [0.29, 0.717) is 0 Å². The number of nitrogens with zero attached hydrogens (tertiary/aromatic N) is 1. The summed E-state index contributed by atoms with van der Waals surface area (Å²) in [7, 11) is 0. The lowest BCUT2D eigenvalue weighted by atomic mass is 10.1. The number of para-hydroxylation sites is 1. The molecule has 0 amide bonds. The predicted octanol–water partition coefficient (Wildman–Crippen LogP) is 3.28. The summed E-state index contributed by atoms with van der Waals surface area (Å²) in [4.78, 5) is 4.35. The minimum Gasteiger partial charge on any atom is -0.396 e. The zero-order chi connectivity index (χ0) is 12.5. The molecule has 1 unspecified atom stereocenters. The van der Waals surface area contributed by atoms with E-state index in [1.54, 1.807) is 6.20 Å². The lowest BCUT2D eigenvalue weighted by Crippen LogP contribution is -2.14. The zero-order valence-electron chi connectivity index (χ0n) is 10.7. The Morgan fingerprint density at radius 1 is 1.39 bits per heavy atom. The average molecular weight is 241 g/mol. The fraction of sp³-hybridized carbons (Fsp3) is 0.400. The van der Waals surface area contributed by atoms with Crippen LogP contribution in [0.25, 0.3) is 10.9 Å². The number of benzene rings is 1. The first-order valence-electron chi connectivity index (χ1n) is 6.63. The van der Waals surface area contributed by atoms with E-state index in [1.165, 1.54) is 12.8 Å². The van der Waals surface area contributed by atoms with Gasteiger partial charge in [0.2, 0.25) is 0 Å². The van der Waals surface area contributed by atoms with Gasteiger partial charge in [0.05, 0.1) is 23.1 Å². The van der Waals surface area contributed by atoms with Gasteiger partial charge in [0.25, 0.3) is 0 Å². The van der Waals surface area contributed by atoms with Crippen LogP contribution in [0.3, 0.4) is 0 Å². The molecule has 1 fully saturated rings. The van der Waals surface area contributed by atoms with Crippen molar-refractivity contribution in [1.82, 2.24) is 4.98 Å². The maximum Gasteiger partial charge on any atom is 0.0743 e. The SMILES string of the molecule is CC(CNc1c(N)cnc2ccccc12)C1CC1. The summed E-state index contributed by atoms with van der Waals surface area (Å²) in [6, 6.07) is 8.12. The third-order valence-electron chi connectivity index (χ3n) is 3.83. The van der Waals surface area contributed by atoms with E-state index in [-0.39, 0.29) is 0 Å². The highest BCUT2D eigenvalue weighted by molar-refractivity contribution is 5.96. The second kappa shape index (κ2) is 4.48. The predicted molar refractivity (Wildman–Crippen MR) is 76.5 cm³/mol. The Morgan fingerprint density at radius 3 is 2.94 bits per heavy atom. The number of aromatic nitrogens is 1. The van der Waals surface area contributed by atoms with Crippen molar-refractivity contribution in [2.24, 2.45) is 11.8 Å². The van der Waals surface area contributed by atoms with Crippen LogP contribution in [0, 0.1) is 11.8 Å². The summed E-state index contributed by atoms with van der Waals surface area (Å²) in [6.45, 7) is 3.30. The van der Waals surface area contributed by atoms with Crippen molar-refractivity contribution in [1.29, 1.82) is 0 Å². The second-order valence-electron chi connectivity index (χ2n) is 5.30. The molecule has 3 nitrogen and oxygen atoms in total. The van der Waals surface area contributed by atoms with Crippen LogP contribution < -0.4 is 11.1 Å². The number of rotatable bonds is 4. The zero-order valence-corrected chi connectivity index (χ0v) is 10.7. The number of fused-ring (bicyclic) bond motifs is 1. The third-order valence-corrected chi connectivity index (χ3v) is 3.83. The number of hydrogen-bond acceptors (Lipinski definition) is 3. The van der Waals surface area contributed by atoms with Crippen LogP contribution in [-0.2, 0) is 0 Å². The van der Waals surface area contributed by atoms with Crippen molar-refractivity contribution in [3.63, 3.8) is 0 Å². The van der Waals surface area contributed by atoms with Crippen molar-refractivity contribution in [3.05, 3.63) is 30.5 Å². The molecule has 3 rings (SSSR count). The maximum absolute atomic E-state index is 6.04. The van der Waals surface area contributed by atoms with Gasteiger partial charge in [0, 0.05) is 11.9 Å². The van der Waals surface area contributed by atoms with Crippen LogP contribution in [0.1, 0.15) is 19.8 Å². The van der Waals surface area contributed by atoms with Gasteiger partial charge in [-0.05, 0) is 30.7 Å². The topological polar surface area (TPSA) is 50.9 Å². The molecule has 1 aromatic heterocycles. The van der Waals surface area contributed by atoms with Crippen molar-refractivity contribution >= 4 is 22.3 Å². The van der Waals surface area contributed by atoms with Gasteiger partial charge in [-0.1, -0.05) is 25.1 Å². The standard InChI is InChI=1S/C15H19N3/c1-10(11-6-7-11)8-18-15-12-4-2-3-5-14(12)17-9-13(15)16/h2-5,9-11H,6-8,16H2,1H3,(H,17,18). The maximum atomic E-state index is 6.04. The van der Waals surface area contributed by atoms with Crippen LogP contribution in [0.4, 0.5) is 11.4 Å². The van der Waals surface area contributed by atoms with Gasteiger partial charge in [-0.2, -0.15) is 0 Å². The first-order valence-corrected chi connectivity index (χ1v) is 6.63. The molecule has 1 aromatic carbocycles. The summed E-state index contributed by atoms with van der Waals surface area (Å²) >= 11 is 0. The first kappa shape index (κ1) is 11.3.